The average molecular weight is 445 g/mol. The van der Waals surface area contributed by atoms with Gasteiger partial charge in [0.25, 0.3) is 0 Å². The topological polar surface area (TPSA) is 42.1 Å². The first-order chi connectivity index (χ1) is 12.2. The van der Waals surface area contributed by atoms with Gasteiger partial charge in [-0.05, 0) is 52.6 Å². The first kappa shape index (κ1) is 17.7. The van der Waals surface area contributed by atoms with Gasteiger partial charge in [-0.15, -0.1) is 0 Å². The Morgan fingerprint density at radius 1 is 0.960 bits per heavy atom. The average Bonchev–Trinajstić information content (AvgIpc) is 2.98. The van der Waals surface area contributed by atoms with Crippen LogP contribution in [0.4, 0.5) is 0 Å². The Labute approximate surface area is 161 Å². The van der Waals surface area contributed by atoms with E-state index < -0.39 is 0 Å². The normalized spacial score (nSPS) is 10.6. The number of carbonyl (C=O) groups is 1. The van der Waals surface area contributed by atoms with Crippen LogP contribution in [0.2, 0.25) is 0 Å². The summed E-state index contributed by atoms with van der Waals surface area (Å²) in [6.45, 7) is 2.25. The lowest BCUT2D eigenvalue weighted by atomic mass is 10.0. The molecule has 0 aliphatic rings. The molecule has 25 heavy (non-hydrogen) atoms. The Morgan fingerprint density at radius 3 is 2.08 bits per heavy atom. The lowest BCUT2D eigenvalue weighted by molar-refractivity contribution is -0.143. The van der Waals surface area contributed by atoms with Gasteiger partial charge in [-0.25, -0.2) is 0 Å². The third-order valence-corrected chi connectivity index (χ3v) is 5.24. The molecule has 4 heteroatoms. The maximum atomic E-state index is 11.8. The highest BCUT2D eigenvalue weighted by molar-refractivity contribution is 14.1. The molecule has 0 atom stereocenters. The van der Waals surface area contributed by atoms with Gasteiger partial charge in [0.05, 0.1) is 18.0 Å². The van der Waals surface area contributed by atoms with E-state index in [2.05, 4.69) is 51.8 Å². The number of aromatic amines is 1. The molecule has 0 spiro atoms. The van der Waals surface area contributed by atoms with E-state index in [1.54, 1.807) is 0 Å². The van der Waals surface area contributed by atoms with Gasteiger partial charge in [-0.1, -0.05) is 60.7 Å². The van der Waals surface area contributed by atoms with Crippen LogP contribution in [0.15, 0.2) is 60.7 Å². The second-order valence-corrected chi connectivity index (χ2v) is 6.78. The maximum absolute atomic E-state index is 11.8. The van der Waals surface area contributed by atoms with Crippen molar-refractivity contribution in [1.29, 1.82) is 0 Å². The van der Waals surface area contributed by atoms with Gasteiger partial charge in [0.1, 0.15) is 0 Å². The van der Waals surface area contributed by atoms with Crippen molar-refractivity contribution in [2.45, 2.75) is 19.8 Å². The van der Waals surface area contributed by atoms with Crippen LogP contribution in [-0.2, 0) is 16.0 Å². The van der Waals surface area contributed by atoms with E-state index in [0.29, 0.717) is 19.4 Å². The van der Waals surface area contributed by atoms with Crippen molar-refractivity contribution in [2.75, 3.05) is 6.61 Å². The molecule has 0 bridgehead atoms. The van der Waals surface area contributed by atoms with E-state index in [-0.39, 0.29) is 5.97 Å². The Morgan fingerprint density at radius 2 is 1.52 bits per heavy atom. The molecule has 128 valence electrons. The molecule has 0 fully saturated rings. The van der Waals surface area contributed by atoms with Crippen molar-refractivity contribution >= 4 is 28.6 Å². The van der Waals surface area contributed by atoms with Crippen molar-refractivity contribution in [1.82, 2.24) is 4.98 Å². The van der Waals surface area contributed by atoms with E-state index in [9.17, 15) is 4.79 Å². The number of halogens is 1. The number of hydrogen-bond acceptors (Lipinski definition) is 2. The molecular formula is C21H20INO2. The molecule has 0 aliphatic carbocycles. The second-order valence-electron chi connectivity index (χ2n) is 5.70. The molecule has 0 amide bonds. The van der Waals surface area contributed by atoms with Crippen LogP contribution >= 0.6 is 22.6 Å². The van der Waals surface area contributed by atoms with Gasteiger partial charge in [-0.2, -0.15) is 0 Å². The van der Waals surface area contributed by atoms with Crippen molar-refractivity contribution in [3.8, 4) is 22.5 Å². The van der Waals surface area contributed by atoms with Crippen molar-refractivity contribution < 1.29 is 9.53 Å². The van der Waals surface area contributed by atoms with E-state index in [4.69, 9.17) is 4.74 Å². The largest absolute Gasteiger partial charge is 0.466 e. The zero-order valence-electron chi connectivity index (χ0n) is 14.1. The maximum Gasteiger partial charge on any atom is 0.306 e. The van der Waals surface area contributed by atoms with Crippen LogP contribution in [0.1, 0.15) is 18.9 Å². The Hall–Kier alpha value is -2.08. The number of hydrogen-bond donors (Lipinski definition) is 1. The summed E-state index contributed by atoms with van der Waals surface area (Å²) >= 11 is 2.38. The minimum absolute atomic E-state index is 0.153. The van der Waals surface area contributed by atoms with Crippen LogP contribution in [0.5, 0.6) is 0 Å². The smallest absolute Gasteiger partial charge is 0.306 e. The van der Waals surface area contributed by atoms with Crippen LogP contribution in [-0.4, -0.2) is 17.6 Å². The summed E-state index contributed by atoms with van der Waals surface area (Å²) in [4.78, 5) is 15.4. The standard InChI is InChI=1S/C21H20INO2/c1-2-25-18(24)14-13-17-19(22)21(16-11-7-4-8-12-16)23-20(17)15-9-5-3-6-10-15/h3-12,23H,2,13-14H2,1H3. The zero-order chi connectivity index (χ0) is 17.6. The number of benzene rings is 2. The van der Waals surface area contributed by atoms with E-state index >= 15 is 0 Å². The molecule has 1 aromatic heterocycles. The Balaban J connectivity index is 2.01. The first-order valence-corrected chi connectivity index (χ1v) is 9.45. The zero-order valence-corrected chi connectivity index (χ0v) is 16.2. The van der Waals surface area contributed by atoms with Crippen LogP contribution in [0.25, 0.3) is 22.5 Å². The second kappa shape index (κ2) is 8.34. The van der Waals surface area contributed by atoms with Crippen molar-refractivity contribution in [3.63, 3.8) is 0 Å². The summed E-state index contributed by atoms with van der Waals surface area (Å²) in [5.74, 6) is -0.153. The summed E-state index contributed by atoms with van der Waals surface area (Å²) < 4.78 is 6.25. The molecule has 3 rings (SSSR count). The lowest BCUT2D eigenvalue weighted by Crippen LogP contribution is -2.05. The van der Waals surface area contributed by atoms with Crippen molar-refractivity contribution in [3.05, 3.63) is 69.8 Å². The number of aromatic nitrogens is 1. The van der Waals surface area contributed by atoms with Crippen LogP contribution in [0.3, 0.4) is 0 Å². The minimum atomic E-state index is -0.153. The SMILES string of the molecule is CCOC(=O)CCc1c(-c2ccccc2)[nH]c(-c2ccccc2)c1I. The molecule has 3 aromatic rings. The van der Waals surface area contributed by atoms with Gasteiger partial charge >= 0.3 is 5.97 Å². The number of H-pyrrole nitrogens is 1. The summed E-state index contributed by atoms with van der Waals surface area (Å²) in [5.41, 5.74) is 5.61. The van der Waals surface area contributed by atoms with E-state index in [1.165, 1.54) is 5.56 Å². The first-order valence-electron chi connectivity index (χ1n) is 8.37. The fourth-order valence-electron chi connectivity index (χ4n) is 2.87. The fraction of sp³-hybridized carbons (Fsp3) is 0.190. The third kappa shape index (κ3) is 4.12. The molecule has 0 aliphatic heterocycles. The minimum Gasteiger partial charge on any atom is -0.466 e. The van der Waals surface area contributed by atoms with Crippen molar-refractivity contribution in [2.24, 2.45) is 0 Å². The number of rotatable bonds is 6. The molecule has 3 nitrogen and oxygen atoms in total. The molecule has 0 unspecified atom stereocenters. The number of ether oxygens (including phenoxy) is 1. The van der Waals surface area contributed by atoms with Gasteiger partial charge in [0, 0.05) is 9.99 Å². The summed E-state index contributed by atoms with van der Waals surface area (Å²) in [7, 11) is 0. The summed E-state index contributed by atoms with van der Waals surface area (Å²) in [5, 5.41) is 0. The third-order valence-electron chi connectivity index (χ3n) is 4.05. The van der Waals surface area contributed by atoms with Gasteiger partial charge in [0.2, 0.25) is 0 Å². The van der Waals surface area contributed by atoms with Gasteiger partial charge in [0.15, 0.2) is 0 Å². The predicted molar refractivity (Wildman–Crippen MR) is 109 cm³/mol. The molecule has 0 saturated carbocycles. The van der Waals surface area contributed by atoms with Crippen LogP contribution in [0, 0.1) is 3.57 Å². The fourth-order valence-corrected chi connectivity index (χ4v) is 3.85. The highest BCUT2D eigenvalue weighted by atomic mass is 127. The van der Waals surface area contributed by atoms with Gasteiger partial charge < -0.3 is 9.72 Å². The highest BCUT2D eigenvalue weighted by Gasteiger charge is 2.18. The lowest BCUT2D eigenvalue weighted by Gasteiger charge is -2.05. The number of nitrogens with one attached hydrogen (secondary N) is 1. The molecular weight excluding hydrogens is 425 g/mol. The van der Waals surface area contributed by atoms with Crippen LogP contribution < -0.4 is 0 Å². The quantitative estimate of drug-likeness (QED) is 0.405. The molecule has 0 saturated heterocycles. The van der Waals surface area contributed by atoms with E-state index in [0.717, 1.165) is 26.1 Å². The van der Waals surface area contributed by atoms with Gasteiger partial charge in [-0.3, -0.25) is 4.79 Å². The highest BCUT2D eigenvalue weighted by Crippen LogP contribution is 2.35. The summed E-state index contributed by atoms with van der Waals surface area (Å²) in [6, 6.07) is 20.5. The molecule has 1 N–H and O–H groups in total. The summed E-state index contributed by atoms with van der Waals surface area (Å²) in [6.07, 6.45) is 1.04. The molecule has 1 heterocycles. The number of esters is 1. The molecule has 2 aromatic carbocycles. The van der Waals surface area contributed by atoms with E-state index in [1.807, 2.05) is 43.3 Å². The Bertz CT molecular complexity index is 841. The Kier molecular flexibility index (Phi) is 5.91. The monoisotopic (exact) mass is 445 g/mol. The molecule has 0 radical (unpaired) electrons. The predicted octanol–water partition coefficient (Wildman–Crippen LogP) is 5.45. The number of carbonyl (C=O) groups excluding carboxylic acids is 1.